The molecule has 4 N–H and O–H groups in total. The van der Waals surface area contributed by atoms with Gasteiger partial charge in [-0.2, -0.15) is 0 Å². The van der Waals surface area contributed by atoms with E-state index in [9.17, 15) is 0 Å². The summed E-state index contributed by atoms with van der Waals surface area (Å²) in [6, 6.07) is 1.95. The third-order valence-corrected chi connectivity index (χ3v) is 5.35. The van der Waals surface area contributed by atoms with E-state index in [4.69, 9.17) is 27.7 Å². The van der Waals surface area contributed by atoms with E-state index in [0.29, 0.717) is 16.7 Å². The third-order valence-electron chi connectivity index (χ3n) is 5.15. The molecule has 0 bridgehead atoms. The van der Waals surface area contributed by atoms with Crippen molar-refractivity contribution in [3.8, 4) is 11.4 Å². The van der Waals surface area contributed by atoms with E-state index in [0.717, 1.165) is 23.5 Å². The summed E-state index contributed by atoms with van der Waals surface area (Å²) in [4.78, 5) is 19.9. The van der Waals surface area contributed by atoms with Crippen LogP contribution in [0.2, 0.25) is 5.15 Å². The molecule has 29 heavy (non-hydrogen) atoms. The Hall–Kier alpha value is -3.04. The van der Waals surface area contributed by atoms with Crippen LogP contribution in [0.25, 0.3) is 17.0 Å². The van der Waals surface area contributed by atoms with Gasteiger partial charge in [-0.15, -0.1) is 0 Å². The van der Waals surface area contributed by atoms with Gasteiger partial charge in [0.25, 0.3) is 0 Å². The molecule has 1 fully saturated rings. The highest BCUT2D eigenvalue weighted by Gasteiger charge is 2.34. The second kappa shape index (κ2) is 7.76. The maximum Gasteiger partial charge on any atom is 0.226 e. The molecule has 10 heteroatoms. The lowest BCUT2D eigenvalue weighted by Crippen LogP contribution is -2.62. The predicted molar refractivity (Wildman–Crippen MR) is 113 cm³/mol. The van der Waals surface area contributed by atoms with Crippen LogP contribution in [-0.4, -0.2) is 55.2 Å². The van der Waals surface area contributed by atoms with E-state index >= 15 is 0 Å². The van der Waals surface area contributed by atoms with Gasteiger partial charge in [0.05, 0.1) is 29.8 Å². The fraction of sp³-hybridized carbons (Fsp3) is 0.316. The Morgan fingerprint density at radius 3 is 2.90 bits per heavy atom. The highest BCUT2D eigenvalue weighted by atomic mass is 35.5. The fourth-order valence-corrected chi connectivity index (χ4v) is 3.85. The third kappa shape index (κ3) is 3.54. The summed E-state index contributed by atoms with van der Waals surface area (Å²) in [5, 5.41) is 11.5. The van der Waals surface area contributed by atoms with Gasteiger partial charge >= 0.3 is 0 Å². The van der Waals surface area contributed by atoms with Gasteiger partial charge < -0.3 is 21.4 Å². The Morgan fingerprint density at radius 2 is 2.14 bits per heavy atom. The number of nitrogens with zero attached hydrogens (tertiary/aromatic N) is 6. The van der Waals surface area contributed by atoms with Crippen LogP contribution < -0.4 is 16.0 Å². The number of hydrogen-bond acceptors (Lipinski definition) is 8. The monoisotopic (exact) mass is 411 g/mol. The molecule has 0 saturated carbocycles. The Kier molecular flexibility index (Phi) is 5.16. The van der Waals surface area contributed by atoms with Crippen LogP contribution in [0.1, 0.15) is 13.8 Å². The van der Waals surface area contributed by atoms with E-state index in [1.807, 2.05) is 10.5 Å². The van der Waals surface area contributed by atoms with Crippen LogP contribution in [0.5, 0.6) is 0 Å². The quantitative estimate of drug-likeness (QED) is 0.560. The first-order chi connectivity index (χ1) is 14.0. The van der Waals surface area contributed by atoms with Crippen LogP contribution in [0.4, 0.5) is 5.95 Å². The molecule has 0 amide bonds. The summed E-state index contributed by atoms with van der Waals surface area (Å²) in [7, 11) is 0. The number of fused-ring (bicyclic) bond motifs is 1. The largest absolute Gasteiger partial charge is 0.404 e. The first-order valence-electron chi connectivity index (χ1n) is 9.28. The van der Waals surface area contributed by atoms with Crippen molar-refractivity contribution in [2.45, 2.75) is 32.0 Å². The lowest BCUT2D eigenvalue weighted by Gasteiger charge is -2.43. The van der Waals surface area contributed by atoms with Crippen LogP contribution >= 0.6 is 11.6 Å². The van der Waals surface area contributed by atoms with Crippen molar-refractivity contribution in [2.75, 3.05) is 11.4 Å². The number of anilines is 1. The lowest BCUT2D eigenvalue weighted by molar-refractivity contribution is 0.360. The molecule has 4 heterocycles. The molecule has 3 aromatic heterocycles. The Balaban J connectivity index is 1.72. The molecule has 0 aromatic carbocycles. The normalized spacial score (nSPS) is 22.8. The van der Waals surface area contributed by atoms with Crippen molar-refractivity contribution in [1.82, 2.24) is 29.7 Å². The number of halogens is 1. The maximum absolute atomic E-state index is 7.66. The van der Waals surface area contributed by atoms with E-state index in [1.165, 1.54) is 12.4 Å². The standard InChI is InChI=1S/C19H22ClN9/c1-11-9-28(12(2)18(26-11)13(5-21)6-22)19-23-4-3-14(27-19)15-7-25-17-8-24-16(20)10-29(15)17/h3-8,10-12,18,21,26H,9,22H2,1-2H3/b13-6+,21-5?. The molecule has 0 spiro atoms. The van der Waals surface area contributed by atoms with Crippen LogP contribution in [0, 0.1) is 5.41 Å². The van der Waals surface area contributed by atoms with E-state index in [1.54, 1.807) is 24.8 Å². The van der Waals surface area contributed by atoms with Crippen LogP contribution in [-0.2, 0) is 0 Å². The van der Waals surface area contributed by atoms with Crippen molar-refractivity contribution in [3.63, 3.8) is 0 Å². The summed E-state index contributed by atoms with van der Waals surface area (Å²) >= 11 is 6.05. The molecule has 3 aromatic rings. The highest BCUT2D eigenvalue weighted by Crippen LogP contribution is 2.25. The average molecular weight is 412 g/mol. The van der Waals surface area contributed by atoms with Crippen molar-refractivity contribution in [1.29, 1.82) is 5.41 Å². The van der Waals surface area contributed by atoms with Crippen molar-refractivity contribution < 1.29 is 0 Å². The van der Waals surface area contributed by atoms with Crippen LogP contribution in [0.15, 0.2) is 42.6 Å². The van der Waals surface area contributed by atoms with Gasteiger partial charge in [0.15, 0.2) is 5.65 Å². The Morgan fingerprint density at radius 1 is 1.31 bits per heavy atom. The topological polar surface area (TPSA) is 121 Å². The number of hydrogen-bond donors (Lipinski definition) is 3. The molecule has 1 aliphatic heterocycles. The van der Waals surface area contributed by atoms with Crippen molar-refractivity contribution >= 4 is 29.4 Å². The maximum atomic E-state index is 7.66. The first kappa shape index (κ1) is 19.3. The van der Waals surface area contributed by atoms with Gasteiger partial charge in [-0.3, -0.25) is 4.40 Å². The summed E-state index contributed by atoms with van der Waals surface area (Å²) in [6.07, 6.45) is 9.59. The Labute approximate surface area is 173 Å². The highest BCUT2D eigenvalue weighted by molar-refractivity contribution is 6.29. The zero-order valence-electron chi connectivity index (χ0n) is 16.1. The second-order valence-corrected chi connectivity index (χ2v) is 7.46. The van der Waals surface area contributed by atoms with Crippen molar-refractivity contribution in [3.05, 3.63) is 47.8 Å². The van der Waals surface area contributed by atoms with E-state index < -0.39 is 0 Å². The van der Waals surface area contributed by atoms with E-state index in [-0.39, 0.29) is 18.1 Å². The second-order valence-electron chi connectivity index (χ2n) is 7.07. The number of nitrogens with two attached hydrogens (primary N) is 1. The summed E-state index contributed by atoms with van der Waals surface area (Å²) in [5.74, 6) is 0.616. The van der Waals surface area contributed by atoms with Crippen LogP contribution in [0.3, 0.4) is 0 Å². The summed E-state index contributed by atoms with van der Waals surface area (Å²) in [6.45, 7) is 4.90. The predicted octanol–water partition coefficient (Wildman–Crippen LogP) is 1.89. The zero-order valence-corrected chi connectivity index (χ0v) is 16.9. The van der Waals surface area contributed by atoms with Gasteiger partial charge in [0, 0.05) is 49.0 Å². The molecule has 0 radical (unpaired) electrons. The van der Waals surface area contributed by atoms with Gasteiger partial charge in [0.1, 0.15) is 5.15 Å². The minimum atomic E-state index is -0.0887. The number of piperazine rings is 1. The zero-order chi connectivity index (χ0) is 20.5. The first-order valence-corrected chi connectivity index (χ1v) is 9.66. The SMILES string of the molecule is CC1CN(c2nccc(-c3cnc4cnc(Cl)cn34)n2)C(C)C(/C(C=N)=C/N)N1. The molecule has 1 saturated heterocycles. The molecular formula is C19H22ClN9. The fourth-order valence-electron chi connectivity index (χ4n) is 3.70. The summed E-state index contributed by atoms with van der Waals surface area (Å²) in [5.41, 5.74) is 8.70. The smallest absolute Gasteiger partial charge is 0.226 e. The minimum absolute atomic E-state index is 0.0127. The van der Waals surface area contributed by atoms with Crippen molar-refractivity contribution in [2.24, 2.45) is 5.73 Å². The van der Waals surface area contributed by atoms with Gasteiger partial charge in [0.2, 0.25) is 5.95 Å². The number of nitrogens with one attached hydrogen (secondary N) is 2. The van der Waals surface area contributed by atoms with Gasteiger partial charge in [-0.05, 0) is 19.9 Å². The Bertz CT molecular complexity index is 1080. The van der Waals surface area contributed by atoms with E-state index in [2.05, 4.69) is 39.0 Å². The minimum Gasteiger partial charge on any atom is -0.404 e. The number of imidazole rings is 1. The molecular weight excluding hydrogens is 390 g/mol. The molecule has 150 valence electrons. The molecule has 0 aliphatic carbocycles. The average Bonchev–Trinajstić information content (AvgIpc) is 3.14. The molecule has 1 aliphatic rings. The summed E-state index contributed by atoms with van der Waals surface area (Å²) < 4.78 is 1.86. The molecule has 4 rings (SSSR count). The van der Waals surface area contributed by atoms with Gasteiger partial charge in [-0.1, -0.05) is 11.6 Å². The number of aromatic nitrogens is 5. The van der Waals surface area contributed by atoms with Gasteiger partial charge in [-0.25, -0.2) is 19.9 Å². The molecule has 3 unspecified atom stereocenters. The number of rotatable bonds is 4. The molecule has 3 atom stereocenters. The lowest BCUT2D eigenvalue weighted by atomic mass is 9.96. The molecule has 9 nitrogen and oxygen atoms in total.